The maximum absolute atomic E-state index is 12.5. The molecule has 1 aromatic carbocycles. The van der Waals surface area contributed by atoms with Crippen molar-refractivity contribution in [1.29, 1.82) is 0 Å². The van der Waals surface area contributed by atoms with E-state index >= 15 is 0 Å². The zero-order chi connectivity index (χ0) is 20.3. The van der Waals surface area contributed by atoms with Crippen molar-refractivity contribution in [3.63, 3.8) is 0 Å². The molecule has 3 aromatic rings. The molecule has 144 valence electrons. The van der Waals surface area contributed by atoms with Crippen molar-refractivity contribution in [2.45, 2.75) is 13.1 Å². The minimum atomic E-state index is -4.45. The molecule has 0 atom stereocenters. The van der Waals surface area contributed by atoms with Gasteiger partial charge in [0, 0.05) is 23.9 Å². The third-order valence-corrected chi connectivity index (χ3v) is 3.77. The fourth-order valence-electron chi connectivity index (χ4n) is 2.39. The Hall–Kier alpha value is -3.69. The second kappa shape index (κ2) is 7.51. The number of halogens is 3. The molecule has 7 nitrogen and oxygen atoms in total. The summed E-state index contributed by atoms with van der Waals surface area (Å²) in [5.41, 5.74) is 3.02. The van der Waals surface area contributed by atoms with E-state index in [1.807, 2.05) is 0 Å². The number of rotatable bonds is 5. The van der Waals surface area contributed by atoms with Crippen molar-refractivity contribution >= 4 is 17.7 Å². The SMILES string of the molecule is Cc1cc([N+](=O)[O-])ccc1-c1ccc(/C=N/Nc2ccc(C(F)(F)F)cn2)o1. The quantitative estimate of drug-likeness (QED) is 0.375. The maximum atomic E-state index is 12.5. The molecule has 0 saturated carbocycles. The van der Waals surface area contributed by atoms with Crippen molar-refractivity contribution in [1.82, 2.24) is 4.98 Å². The van der Waals surface area contributed by atoms with Crippen LogP contribution in [0.1, 0.15) is 16.9 Å². The number of aryl methyl sites for hydroxylation is 1. The van der Waals surface area contributed by atoms with Gasteiger partial charge in [0.25, 0.3) is 5.69 Å². The number of alkyl halides is 3. The van der Waals surface area contributed by atoms with Gasteiger partial charge in [-0.15, -0.1) is 0 Å². The predicted molar refractivity (Wildman–Crippen MR) is 96.0 cm³/mol. The van der Waals surface area contributed by atoms with Gasteiger partial charge in [-0.2, -0.15) is 18.3 Å². The van der Waals surface area contributed by atoms with Gasteiger partial charge in [0.15, 0.2) is 0 Å². The van der Waals surface area contributed by atoms with Crippen LogP contribution in [0.2, 0.25) is 0 Å². The Kier molecular flexibility index (Phi) is 5.12. The van der Waals surface area contributed by atoms with E-state index in [1.54, 1.807) is 25.1 Å². The molecule has 0 bridgehead atoms. The predicted octanol–water partition coefficient (Wildman–Crippen LogP) is 5.02. The number of hydrazone groups is 1. The fraction of sp³-hybridized carbons (Fsp3) is 0.111. The van der Waals surface area contributed by atoms with Gasteiger partial charge in [-0.1, -0.05) is 0 Å². The Balaban J connectivity index is 1.68. The Bertz CT molecular complexity index is 1030. The number of nitrogens with zero attached hydrogens (tertiary/aromatic N) is 3. The van der Waals surface area contributed by atoms with E-state index in [1.165, 1.54) is 18.3 Å². The number of hydrogen-bond donors (Lipinski definition) is 1. The van der Waals surface area contributed by atoms with Crippen LogP contribution in [0.15, 0.2) is 58.2 Å². The first-order valence-electron chi connectivity index (χ1n) is 7.91. The number of hydrogen-bond acceptors (Lipinski definition) is 6. The largest absolute Gasteiger partial charge is 0.455 e. The molecule has 0 aliphatic carbocycles. The molecule has 0 aliphatic heterocycles. The molecule has 2 heterocycles. The number of nitrogens with one attached hydrogen (secondary N) is 1. The van der Waals surface area contributed by atoms with Crippen LogP contribution in [-0.2, 0) is 6.18 Å². The highest BCUT2D eigenvalue weighted by Crippen LogP contribution is 2.29. The third-order valence-electron chi connectivity index (χ3n) is 3.77. The first-order chi connectivity index (χ1) is 13.2. The van der Waals surface area contributed by atoms with Crippen LogP contribution in [0.3, 0.4) is 0 Å². The number of nitro benzene ring substituents is 1. The smallest absolute Gasteiger partial charge is 0.417 e. The van der Waals surface area contributed by atoms with E-state index in [2.05, 4.69) is 15.5 Å². The highest BCUT2D eigenvalue weighted by Gasteiger charge is 2.30. The van der Waals surface area contributed by atoms with Gasteiger partial charge >= 0.3 is 6.18 Å². The lowest BCUT2D eigenvalue weighted by molar-refractivity contribution is -0.384. The number of pyridine rings is 1. The number of non-ortho nitro benzene ring substituents is 1. The molecule has 0 unspecified atom stereocenters. The minimum Gasteiger partial charge on any atom is -0.455 e. The molecular formula is C18H13F3N4O3. The van der Waals surface area contributed by atoms with Gasteiger partial charge in [-0.3, -0.25) is 15.5 Å². The molecule has 0 spiro atoms. The number of furan rings is 1. The molecule has 10 heteroatoms. The molecule has 0 radical (unpaired) electrons. The summed E-state index contributed by atoms with van der Waals surface area (Å²) in [6.45, 7) is 1.73. The highest BCUT2D eigenvalue weighted by molar-refractivity contribution is 5.78. The van der Waals surface area contributed by atoms with Gasteiger partial charge in [0.2, 0.25) is 0 Å². The van der Waals surface area contributed by atoms with E-state index < -0.39 is 16.7 Å². The van der Waals surface area contributed by atoms with Crippen LogP contribution >= 0.6 is 0 Å². The van der Waals surface area contributed by atoms with Crippen LogP contribution in [0.25, 0.3) is 11.3 Å². The zero-order valence-corrected chi connectivity index (χ0v) is 14.4. The molecule has 0 aliphatic rings. The normalized spacial score (nSPS) is 11.7. The van der Waals surface area contributed by atoms with Crippen LogP contribution in [-0.4, -0.2) is 16.1 Å². The molecule has 2 aromatic heterocycles. The monoisotopic (exact) mass is 390 g/mol. The van der Waals surface area contributed by atoms with Gasteiger partial charge in [-0.25, -0.2) is 4.98 Å². The number of nitro groups is 1. The Morgan fingerprint density at radius 2 is 2.00 bits per heavy atom. The van der Waals surface area contributed by atoms with Crippen molar-refractivity contribution in [3.8, 4) is 11.3 Å². The van der Waals surface area contributed by atoms with Crippen molar-refractivity contribution in [3.05, 3.63) is 75.7 Å². The van der Waals surface area contributed by atoms with Gasteiger partial charge in [-0.05, 0) is 42.8 Å². The standard InChI is InChI=1S/C18H13F3N4O3/c1-11-8-13(25(26)27)3-5-15(11)16-6-4-14(28-16)10-23-24-17-7-2-12(9-22-17)18(19,20)21/h2-10H,1H3,(H,22,24)/b23-10+. The van der Waals surface area contributed by atoms with Gasteiger partial charge in [0.05, 0.1) is 16.7 Å². The summed E-state index contributed by atoms with van der Waals surface area (Å²) < 4.78 is 43.1. The molecule has 0 amide bonds. The zero-order valence-electron chi connectivity index (χ0n) is 14.4. The minimum absolute atomic E-state index is 0.0113. The van der Waals surface area contributed by atoms with Gasteiger partial charge in [0.1, 0.15) is 17.3 Å². The average molecular weight is 390 g/mol. The topological polar surface area (TPSA) is 93.6 Å². The van der Waals surface area contributed by atoms with Crippen LogP contribution in [0, 0.1) is 17.0 Å². The molecule has 3 rings (SSSR count). The summed E-state index contributed by atoms with van der Waals surface area (Å²) in [6.07, 6.45) is -2.40. The third kappa shape index (κ3) is 4.34. The Morgan fingerprint density at radius 1 is 1.21 bits per heavy atom. The summed E-state index contributed by atoms with van der Waals surface area (Å²) in [4.78, 5) is 14.0. The molecule has 1 N–H and O–H groups in total. The van der Waals surface area contributed by atoms with Crippen LogP contribution in [0.4, 0.5) is 24.7 Å². The molecular weight excluding hydrogens is 377 g/mol. The molecule has 0 saturated heterocycles. The summed E-state index contributed by atoms with van der Waals surface area (Å²) in [5.74, 6) is 1.02. The van der Waals surface area contributed by atoms with Crippen molar-refractivity contribution in [2.75, 3.05) is 5.43 Å². The summed E-state index contributed by atoms with van der Waals surface area (Å²) >= 11 is 0. The van der Waals surface area contributed by atoms with E-state index in [0.29, 0.717) is 28.8 Å². The summed E-state index contributed by atoms with van der Waals surface area (Å²) in [6, 6.07) is 9.81. The van der Waals surface area contributed by atoms with E-state index in [9.17, 15) is 23.3 Å². The van der Waals surface area contributed by atoms with Crippen molar-refractivity contribution < 1.29 is 22.5 Å². The average Bonchev–Trinajstić information content (AvgIpc) is 3.10. The van der Waals surface area contributed by atoms with Gasteiger partial charge < -0.3 is 4.42 Å². The lowest BCUT2D eigenvalue weighted by Gasteiger charge is -2.06. The second-order valence-electron chi connectivity index (χ2n) is 5.76. The van der Waals surface area contributed by atoms with Crippen LogP contribution < -0.4 is 5.43 Å². The summed E-state index contributed by atoms with van der Waals surface area (Å²) in [5, 5.41) is 14.7. The van der Waals surface area contributed by atoms with E-state index in [-0.39, 0.29) is 11.5 Å². The lowest BCUT2D eigenvalue weighted by atomic mass is 10.1. The number of benzene rings is 1. The summed E-state index contributed by atoms with van der Waals surface area (Å²) in [7, 11) is 0. The number of aromatic nitrogens is 1. The first kappa shape index (κ1) is 19.1. The molecule has 28 heavy (non-hydrogen) atoms. The maximum Gasteiger partial charge on any atom is 0.417 e. The lowest BCUT2D eigenvalue weighted by Crippen LogP contribution is -2.05. The Morgan fingerprint density at radius 3 is 2.61 bits per heavy atom. The first-order valence-corrected chi connectivity index (χ1v) is 7.91. The fourth-order valence-corrected chi connectivity index (χ4v) is 2.39. The van der Waals surface area contributed by atoms with Crippen LogP contribution in [0.5, 0.6) is 0 Å². The highest BCUT2D eigenvalue weighted by atomic mass is 19.4. The van der Waals surface area contributed by atoms with Crippen molar-refractivity contribution in [2.24, 2.45) is 5.10 Å². The Labute approximate surface area is 156 Å². The van der Waals surface area contributed by atoms with E-state index in [4.69, 9.17) is 4.42 Å². The number of anilines is 1. The van der Waals surface area contributed by atoms with E-state index in [0.717, 1.165) is 12.1 Å². The molecule has 0 fully saturated rings. The second-order valence-corrected chi connectivity index (χ2v) is 5.76.